The van der Waals surface area contributed by atoms with Crippen LogP contribution in [-0.4, -0.2) is 6.73 Å². The molecule has 3 heteroatoms. The van der Waals surface area contributed by atoms with Gasteiger partial charge in [-0.05, 0) is 101 Å². The van der Waals surface area contributed by atoms with Crippen molar-refractivity contribution in [2.75, 3.05) is 11.6 Å². The summed E-state index contributed by atoms with van der Waals surface area (Å²) in [6.45, 7) is 14.4. The van der Waals surface area contributed by atoms with Crippen LogP contribution in [0.15, 0.2) is 89.4 Å². The van der Waals surface area contributed by atoms with E-state index in [1.807, 2.05) is 0 Å². The molecule has 0 N–H and O–H groups in total. The van der Waals surface area contributed by atoms with Crippen LogP contribution in [0.4, 0.5) is 11.4 Å². The Labute approximate surface area is 257 Å². The summed E-state index contributed by atoms with van der Waals surface area (Å²) in [6.07, 6.45) is 0. The molecule has 5 aromatic rings. The fraction of sp³-hybridized carbons (Fsp3) is 0.282. The van der Waals surface area contributed by atoms with Gasteiger partial charge in [-0.2, -0.15) is 0 Å². The molecule has 5 aromatic carbocycles. The Morgan fingerprint density at radius 2 is 1.17 bits per heavy atom. The highest BCUT2D eigenvalue weighted by atomic mass is 79.9. The molecule has 9 rings (SSSR count). The van der Waals surface area contributed by atoms with Crippen molar-refractivity contribution in [3.8, 4) is 5.75 Å². The van der Waals surface area contributed by atoms with Gasteiger partial charge in [0.15, 0.2) is 6.73 Å². The second kappa shape index (κ2) is 8.74. The molecule has 1 aliphatic heterocycles. The predicted molar refractivity (Wildman–Crippen MR) is 178 cm³/mol. The number of ether oxygens (including phenoxy) is 1. The van der Waals surface area contributed by atoms with Crippen molar-refractivity contribution in [3.05, 3.63) is 134 Å². The smallest absolute Gasteiger partial charge is 0.165 e. The van der Waals surface area contributed by atoms with Crippen LogP contribution in [0.3, 0.4) is 0 Å². The van der Waals surface area contributed by atoms with E-state index in [2.05, 4.69) is 147 Å². The molecule has 0 radical (unpaired) electrons. The van der Waals surface area contributed by atoms with Gasteiger partial charge in [0.05, 0.1) is 11.4 Å². The van der Waals surface area contributed by atoms with Crippen LogP contribution in [0.1, 0.15) is 97.9 Å². The Hall–Kier alpha value is -3.56. The minimum atomic E-state index is 0.0928. The van der Waals surface area contributed by atoms with Gasteiger partial charge in [0, 0.05) is 21.7 Å². The maximum atomic E-state index is 6.34. The van der Waals surface area contributed by atoms with E-state index < -0.39 is 0 Å². The maximum absolute atomic E-state index is 6.34. The summed E-state index contributed by atoms with van der Waals surface area (Å²) in [6, 6.07) is 32.3. The third-order valence-corrected chi connectivity index (χ3v) is 10.3. The molecule has 210 valence electrons. The molecule has 0 saturated heterocycles. The molecule has 2 bridgehead atoms. The third-order valence-electron chi connectivity index (χ3n) is 9.70. The summed E-state index contributed by atoms with van der Waals surface area (Å²) in [5.74, 6) is 1.38. The lowest BCUT2D eigenvalue weighted by Crippen LogP contribution is -2.31. The topological polar surface area (TPSA) is 12.5 Å². The van der Waals surface area contributed by atoms with Gasteiger partial charge in [-0.25, -0.2) is 0 Å². The molecule has 1 heterocycles. The molecule has 2 nitrogen and oxygen atoms in total. The second-order valence-electron chi connectivity index (χ2n) is 14.3. The number of halogens is 1. The lowest BCUT2D eigenvalue weighted by molar-refractivity contribution is 0.324. The van der Waals surface area contributed by atoms with Gasteiger partial charge in [-0.1, -0.05) is 102 Å². The van der Waals surface area contributed by atoms with Crippen molar-refractivity contribution in [3.63, 3.8) is 0 Å². The first kappa shape index (κ1) is 26.1. The zero-order valence-electron chi connectivity index (χ0n) is 25.2. The van der Waals surface area contributed by atoms with Crippen molar-refractivity contribution in [1.82, 2.24) is 0 Å². The second-order valence-corrected chi connectivity index (χ2v) is 15.2. The Morgan fingerprint density at radius 3 is 1.76 bits per heavy atom. The largest absolute Gasteiger partial charge is 0.472 e. The molecule has 0 fully saturated rings. The van der Waals surface area contributed by atoms with Crippen molar-refractivity contribution < 1.29 is 4.74 Å². The number of hydrogen-bond donors (Lipinski definition) is 0. The SMILES string of the molecule is CC(C)(C)c1ccc2c(c1)C1c3ccc(C(C)(C)C)cc3C2c2cc(N3COc4cccc5cccc3c45)c(Br)cc21. The van der Waals surface area contributed by atoms with Crippen molar-refractivity contribution in [2.45, 2.75) is 64.2 Å². The fourth-order valence-corrected chi connectivity index (χ4v) is 8.02. The summed E-state index contributed by atoms with van der Waals surface area (Å²) in [7, 11) is 0. The van der Waals surface area contributed by atoms with E-state index in [0.29, 0.717) is 6.73 Å². The monoisotopic (exact) mass is 613 g/mol. The van der Waals surface area contributed by atoms with Crippen molar-refractivity contribution in [1.29, 1.82) is 0 Å². The summed E-state index contributed by atoms with van der Waals surface area (Å²) in [5.41, 5.74) is 14.0. The van der Waals surface area contributed by atoms with Gasteiger partial charge in [-0.3, -0.25) is 0 Å². The molecule has 2 unspecified atom stereocenters. The molecule has 4 aliphatic rings. The van der Waals surface area contributed by atoms with Crippen LogP contribution in [0, 0.1) is 0 Å². The number of rotatable bonds is 1. The predicted octanol–water partition coefficient (Wildman–Crippen LogP) is 10.7. The lowest BCUT2D eigenvalue weighted by atomic mass is 9.60. The van der Waals surface area contributed by atoms with Gasteiger partial charge < -0.3 is 9.64 Å². The minimum Gasteiger partial charge on any atom is -0.472 e. The number of benzene rings is 5. The zero-order valence-corrected chi connectivity index (χ0v) is 26.8. The Morgan fingerprint density at radius 1 is 0.619 bits per heavy atom. The van der Waals surface area contributed by atoms with E-state index >= 15 is 0 Å². The molecule has 0 saturated carbocycles. The van der Waals surface area contributed by atoms with Crippen molar-refractivity contribution >= 4 is 38.1 Å². The molecule has 42 heavy (non-hydrogen) atoms. The van der Waals surface area contributed by atoms with Crippen LogP contribution in [0.2, 0.25) is 0 Å². The first-order chi connectivity index (χ1) is 20.0. The number of nitrogens with zero attached hydrogens (tertiary/aromatic N) is 1. The quantitative estimate of drug-likeness (QED) is 0.182. The van der Waals surface area contributed by atoms with E-state index in [0.717, 1.165) is 15.9 Å². The zero-order chi connectivity index (χ0) is 29.1. The van der Waals surface area contributed by atoms with Crippen molar-refractivity contribution in [2.24, 2.45) is 0 Å². The average Bonchev–Trinajstić information content (AvgIpc) is 2.95. The van der Waals surface area contributed by atoms with Crippen LogP contribution in [0.25, 0.3) is 10.8 Å². The first-order valence-electron chi connectivity index (χ1n) is 15.0. The van der Waals surface area contributed by atoms with E-state index in [4.69, 9.17) is 4.74 Å². The van der Waals surface area contributed by atoms with Gasteiger partial charge in [-0.15, -0.1) is 0 Å². The number of anilines is 2. The van der Waals surface area contributed by atoms with E-state index in [-0.39, 0.29) is 22.7 Å². The van der Waals surface area contributed by atoms with E-state index in [1.54, 1.807) is 0 Å². The normalized spacial score (nSPS) is 18.4. The molecular weight excluding hydrogens is 578 g/mol. The standard InChI is InChI=1S/C39H36BrNO/c1-38(2,3)23-14-16-26-27(17-23)36-25-15-13-24(39(4,5)6)18-28(25)37(26)30-20-33(31(40)19-29(30)36)41-21-42-34-12-8-10-22-9-7-11-32(41)35(22)34/h7-20,36-37H,21H2,1-6H3. The van der Waals surface area contributed by atoms with Crippen LogP contribution < -0.4 is 9.64 Å². The Kier molecular flexibility index (Phi) is 5.43. The fourth-order valence-electron chi connectivity index (χ4n) is 7.45. The van der Waals surface area contributed by atoms with Crippen LogP contribution in [0.5, 0.6) is 5.75 Å². The van der Waals surface area contributed by atoms with Gasteiger partial charge in [0.25, 0.3) is 0 Å². The third kappa shape index (κ3) is 3.69. The Balaban J connectivity index is 1.35. The number of hydrogen-bond acceptors (Lipinski definition) is 2. The highest BCUT2D eigenvalue weighted by Gasteiger charge is 2.43. The molecule has 3 aliphatic carbocycles. The summed E-state index contributed by atoms with van der Waals surface area (Å²) < 4.78 is 7.45. The van der Waals surface area contributed by atoms with E-state index in [9.17, 15) is 0 Å². The minimum absolute atomic E-state index is 0.0928. The van der Waals surface area contributed by atoms with Gasteiger partial charge in [0.2, 0.25) is 0 Å². The van der Waals surface area contributed by atoms with Gasteiger partial charge >= 0.3 is 0 Å². The first-order valence-corrected chi connectivity index (χ1v) is 15.8. The summed E-state index contributed by atoms with van der Waals surface area (Å²) >= 11 is 4.04. The average molecular weight is 615 g/mol. The molecule has 0 aromatic heterocycles. The Bertz CT molecular complexity index is 1930. The van der Waals surface area contributed by atoms with Gasteiger partial charge in [0.1, 0.15) is 5.75 Å². The highest BCUT2D eigenvalue weighted by molar-refractivity contribution is 9.10. The van der Waals surface area contributed by atoms with Crippen LogP contribution >= 0.6 is 15.9 Å². The maximum Gasteiger partial charge on any atom is 0.165 e. The molecule has 2 atom stereocenters. The highest BCUT2D eigenvalue weighted by Crippen LogP contribution is 2.58. The van der Waals surface area contributed by atoms with Crippen LogP contribution in [-0.2, 0) is 10.8 Å². The lowest BCUT2D eigenvalue weighted by Gasteiger charge is -2.44. The summed E-state index contributed by atoms with van der Waals surface area (Å²) in [5, 5.41) is 2.38. The molecule has 0 spiro atoms. The van der Waals surface area contributed by atoms with E-state index in [1.165, 1.54) is 61.0 Å². The molecular formula is C39H36BrNO. The summed E-state index contributed by atoms with van der Waals surface area (Å²) in [4.78, 5) is 2.33. The molecule has 0 amide bonds.